The molecular weight excluding hydrogens is 155 g/mol. The van der Waals surface area contributed by atoms with E-state index in [0.717, 1.165) is 0 Å². The van der Waals surface area contributed by atoms with E-state index in [9.17, 15) is 4.79 Å². The molecule has 0 unspecified atom stereocenters. The Morgan fingerprint density at radius 3 is 2.83 bits per heavy atom. The van der Waals surface area contributed by atoms with Crippen molar-refractivity contribution in [2.75, 3.05) is 0 Å². The van der Waals surface area contributed by atoms with Gasteiger partial charge in [-0.25, -0.2) is 0 Å². The lowest BCUT2D eigenvalue weighted by atomic mass is 10.1. The molecule has 0 aliphatic rings. The van der Waals surface area contributed by atoms with Gasteiger partial charge >= 0.3 is 0 Å². The van der Waals surface area contributed by atoms with Crippen LogP contribution in [0, 0.1) is 0 Å². The van der Waals surface area contributed by atoms with E-state index in [2.05, 4.69) is 15.0 Å². The van der Waals surface area contributed by atoms with Crippen molar-refractivity contribution in [3.8, 4) is 0 Å². The highest BCUT2D eigenvalue weighted by molar-refractivity contribution is 6.30. The number of carbonyl (C=O) groups is 1. The highest BCUT2D eigenvalue weighted by Gasteiger charge is 2.11. The van der Waals surface area contributed by atoms with Crippen LogP contribution in [0.5, 0.6) is 0 Å². The maximum absolute atomic E-state index is 11.2. The second-order valence-electron chi connectivity index (χ2n) is 2.74. The first-order valence-electron chi connectivity index (χ1n) is 3.62. The number of hydrogen-bond donors (Lipinski definition) is 1. The van der Waals surface area contributed by atoms with Crippen molar-refractivity contribution in [2.24, 2.45) is 0 Å². The van der Waals surface area contributed by atoms with Gasteiger partial charge in [0.15, 0.2) is 0 Å². The third kappa shape index (κ3) is 2.12. The maximum Gasteiger partial charge on any atom is 0.290 e. The van der Waals surface area contributed by atoms with E-state index in [1.165, 1.54) is 6.07 Å². The molecule has 0 aliphatic heterocycles. The molecule has 1 amide bonds. The van der Waals surface area contributed by atoms with Gasteiger partial charge in [-0.3, -0.25) is 4.79 Å². The van der Waals surface area contributed by atoms with Crippen LogP contribution in [0.1, 0.15) is 24.4 Å². The Morgan fingerprint density at radius 1 is 1.75 bits per heavy atom. The highest BCUT2D eigenvalue weighted by atomic mass is 16.5. The van der Waals surface area contributed by atoms with E-state index in [0.29, 0.717) is 0 Å². The van der Waals surface area contributed by atoms with Gasteiger partial charge in [0.1, 0.15) is 7.85 Å². The Labute approximate surface area is 71.7 Å². The molecule has 0 saturated carbocycles. The van der Waals surface area contributed by atoms with Gasteiger partial charge in [-0.15, -0.1) is 0 Å². The molecule has 0 bridgehead atoms. The SMILES string of the molecule is [B]c1cc(C(=O)NC(C)C)on1. The number of nitrogens with zero attached hydrogens (tertiary/aromatic N) is 1. The fourth-order valence-electron chi connectivity index (χ4n) is 0.729. The van der Waals surface area contributed by atoms with Crippen LogP contribution in [0.3, 0.4) is 0 Å². The fourth-order valence-corrected chi connectivity index (χ4v) is 0.729. The lowest BCUT2D eigenvalue weighted by Gasteiger charge is -2.04. The van der Waals surface area contributed by atoms with E-state index in [1.807, 2.05) is 13.8 Å². The summed E-state index contributed by atoms with van der Waals surface area (Å²) < 4.78 is 4.64. The van der Waals surface area contributed by atoms with Crippen LogP contribution in [0.4, 0.5) is 0 Å². The Kier molecular flexibility index (Phi) is 2.52. The zero-order valence-electron chi connectivity index (χ0n) is 7.00. The predicted molar refractivity (Wildman–Crippen MR) is 44.5 cm³/mol. The molecule has 0 fully saturated rings. The molecule has 1 N–H and O–H groups in total. The highest BCUT2D eigenvalue weighted by Crippen LogP contribution is 1.94. The van der Waals surface area contributed by atoms with Crippen molar-refractivity contribution >= 4 is 19.3 Å². The monoisotopic (exact) mass is 164 g/mol. The van der Waals surface area contributed by atoms with Crippen molar-refractivity contribution in [1.29, 1.82) is 0 Å². The lowest BCUT2D eigenvalue weighted by Crippen LogP contribution is -2.29. The van der Waals surface area contributed by atoms with E-state index in [-0.39, 0.29) is 23.3 Å². The lowest BCUT2D eigenvalue weighted by molar-refractivity contribution is 0.0906. The summed E-state index contributed by atoms with van der Waals surface area (Å²) in [6.07, 6.45) is 0. The Balaban J connectivity index is 2.65. The van der Waals surface area contributed by atoms with Crippen LogP contribution >= 0.6 is 0 Å². The summed E-state index contributed by atoms with van der Waals surface area (Å²) in [4.78, 5) is 11.2. The first-order chi connectivity index (χ1) is 5.59. The summed E-state index contributed by atoms with van der Waals surface area (Å²) in [6.45, 7) is 3.72. The normalized spacial score (nSPS) is 10.2. The smallest absolute Gasteiger partial charge is 0.290 e. The molecule has 0 saturated heterocycles. The Morgan fingerprint density at radius 2 is 2.42 bits per heavy atom. The molecule has 2 radical (unpaired) electrons. The van der Waals surface area contributed by atoms with Gasteiger partial charge in [0.25, 0.3) is 5.91 Å². The van der Waals surface area contributed by atoms with Crippen molar-refractivity contribution in [1.82, 2.24) is 10.5 Å². The molecule has 5 heteroatoms. The molecule has 0 aromatic carbocycles. The largest absolute Gasteiger partial charge is 0.352 e. The van der Waals surface area contributed by atoms with Crippen LogP contribution in [0.25, 0.3) is 0 Å². The second kappa shape index (κ2) is 3.43. The van der Waals surface area contributed by atoms with Crippen LogP contribution < -0.4 is 10.9 Å². The zero-order chi connectivity index (χ0) is 9.14. The Bertz CT molecular complexity index is 283. The van der Waals surface area contributed by atoms with Crippen molar-refractivity contribution < 1.29 is 9.32 Å². The Hall–Kier alpha value is -1.26. The van der Waals surface area contributed by atoms with Gasteiger partial charge in [0.2, 0.25) is 5.76 Å². The van der Waals surface area contributed by atoms with Crippen molar-refractivity contribution in [3.63, 3.8) is 0 Å². The number of nitrogens with one attached hydrogen (secondary N) is 1. The zero-order valence-corrected chi connectivity index (χ0v) is 7.00. The molecule has 0 atom stereocenters. The summed E-state index contributed by atoms with van der Waals surface area (Å²) >= 11 is 0. The maximum atomic E-state index is 11.2. The van der Waals surface area contributed by atoms with Gasteiger partial charge in [0, 0.05) is 17.7 Å². The predicted octanol–water partition coefficient (Wildman–Crippen LogP) is -0.393. The summed E-state index contributed by atoms with van der Waals surface area (Å²) in [5.41, 5.74) is 0.212. The van der Waals surface area contributed by atoms with E-state index in [1.54, 1.807) is 0 Å². The number of rotatable bonds is 2. The van der Waals surface area contributed by atoms with E-state index < -0.39 is 0 Å². The molecule has 12 heavy (non-hydrogen) atoms. The molecule has 62 valence electrons. The molecule has 1 aromatic heterocycles. The first kappa shape index (κ1) is 8.84. The average molecular weight is 164 g/mol. The van der Waals surface area contributed by atoms with Gasteiger partial charge in [-0.2, -0.15) is 0 Å². The summed E-state index contributed by atoms with van der Waals surface area (Å²) in [5.74, 6) is -0.157. The summed E-state index contributed by atoms with van der Waals surface area (Å²) in [7, 11) is 5.26. The van der Waals surface area contributed by atoms with E-state index >= 15 is 0 Å². The second-order valence-corrected chi connectivity index (χ2v) is 2.74. The minimum atomic E-state index is -0.297. The quantitative estimate of drug-likeness (QED) is 0.605. The summed E-state index contributed by atoms with van der Waals surface area (Å²) in [5, 5.41) is 6.03. The molecule has 1 heterocycles. The standard InChI is InChI=1S/C7H9BN2O2/c1-4(2)9-7(11)5-3-6(8)10-12-5/h3-4H,1-2H3,(H,9,11). The van der Waals surface area contributed by atoms with Gasteiger partial charge in [-0.1, -0.05) is 5.16 Å². The van der Waals surface area contributed by atoms with Crippen molar-refractivity contribution in [3.05, 3.63) is 11.8 Å². The topological polar surface area (TPSA) is 55.1 Å². The average Bonchev–Trinajstić information content (AvgIpc) is 2.34. The molecule has 1 rings (SSSR count). The van der Waals surface area contributed by atoms with E-state index in [4.69, 9.17) is 7.85 Å². The van der Waals surface area contributed by atoms with Gasteiger partial charge in [-0.05, 0) is 13.8 Å². The van der Waals surface area contributed by atoms with Crippen LogP contribution in [-0.2, 0) is 0 Å². The minimum Gasteiger partial charge on any atom is -0.352 e. The van der Waals surface area contributed by atoms with Crippen LogP contribution in [-0.4, -0.2) is 25.0 Å². The fraction of sp³-hybridized carbons (Fsp3) is 0.429. The van der Waals surface area contributed by atoms with Gasteiger partial charge < -0.3 is 9.84 Å². The van der Waals surface area contributed by atoms with Crippen LogP contribution in [0.15, 0.2) is 10.6 Å². The number of hydrogen-bond acceptors (Lipinski definition) is 3. The number of aromatic nitrogens is 1. The van der Waals surface area contributed by atoms with Crippen LogP contribution in [0.2, 0.25) is 0 Å². The van der Waals surface area contributed by atoms with Gasteiger partial charge in [0.05, 0.1) is 0 Å². The number of carbonyl (C=O) groups excluding carboxylic acids is 1. The molecule has 1 aromatic rings. The molecule has 0 spiro atoms. The summed E-state index contributed by atoms with van der Waals surface area (Å²) in [6, 6.07) is 1.46. The molecule has 0 aliphatic carbocycles. The minimum absolute atomic E-state index is 0.0730. The molecule has 4 nitrogen and oxygen atoms in total. The third-order valence-electron chi connectivity index (χ3n) is 1.17. The number of amides is 1. The van der Waals surface area contributed by atoms with Crippen molar-refractivity contribution in [2.45, 2.75) is 19.9 Å². The third-order valence-corrected chi connectivity index (χ3v) is 1.17. The molecular formula is C7H9BN2O2. The first-order valence-corrected chi connectivity index (χ1v) is 3.62.